The third kappa shape index (κ3) is 6.22. The van der Waals surface area contributed by atoms with E-state index in [4.69, 9.17) is 18.9 Å². The van der Waals surface area contributed by atoms with Crippen molar-refractivity contribution in [3.63, 3.8) is 0 Å². The zero-order valence-electron chi connectivity index (χ0n) is 18.9. The molecule has 2 aromatic rings. The molecule has 0 spiro atoms. The van der Waals surface area contributed by atoms with Gasteiger partial charge in [-0.15, -0.1) is 11.8 Å². The van der Waals surface area contributed by atoms with Gasteiger partial charge in [0.25, 0.3) is 0 Å². The van der Waals surface area contributed by atoms with Gasteiger partial charge in [-0.1, -0.05) is 0 Å². The summed E-state index contributed by atoms with van der Waals surface area (Å²) in [4.78, 5) is 39.1. The molecule has 4 atom stereocenters. The third-order valence-electron chi connectivity index (χ3n) is 4.77. The van der Waals surface area contributed by atoms with Crippen molar-refractivity contribution in [2.75, 3.05) is 5.75 Å². The SMILES string of the molecule is CC(=O)O[C@@H]1[C@@H](OC(C)=O)[C@@H](Oc2cc(-c3ccnc(C)c3)cc(F)c2F)SC[C@H]1OC(C)=O. The maximum atomic E-state index is 14.7. The van der Waals surface area contributed by atoms with Crippen LogP contribution in [-0.4, -0.2) is 52.4 Å². The van der Waals surface area contributed by atoms with Crippen LogP contribution in [0.1, 0.15) is 26.5 Å². The fourth-order valence-corrected chi connectivity index (χ4v) is 4.69. The summed E-state index contributed by atoms with van der Waals surface area (Å²) < 4.78 is 50.7. The van der Waals surface area contributed by atoms with E-state index in [-0.39, 0.29) is 5.75 Å². The quantitative estimate of drug-likeness (QED) is 0.440. The maximum Gasteiger partial charge on any atom is 0.303 e. The highest BCUT2D eigenvalue weighted by molar-refractivity contribution is 7.99. The largest absolute Gasteiger partial charge is 0.472 e. The first kappa shape index (κ1) is 25.4. The number of carbonyl (C=O) groups excluding carboxylic acids is 3. The van der Waals surface area contributed by atoms with Gasteiger partial charge < -0.3 is 18.9 Å². The lowest BCUT2D eigenvalue weighted by Gasteiger charge is -2.39. The van der Waals surface area contributed by atoms with Crippen molar-refractivity contribution < 1.29 is 42.1 Å². The lowest BCUT2D eigenvalue weighted by atomic mass is 10.1. The maximum absolute atomic E-state index is 14.7. The van der Waals surface area contributed by atoms with Gasteiger partial charge in [0, 0.05) is 38.4 Å². The monoisotopic (exact) mass is 495 g/mol. The summed E-state index contributed by atoms with van der Waals surface area (Å²) >= 11 is 1.04. The standard InChI is InChI=1S/C23H23F2NO7S/c1-11-7-15(5-6-26-11)16-8-17(24)20(25)18(9-16)33-23-22(32-14(4)29)21(31-13(3)28)19(10-34-23)30-12(2)27/h5-9,19,21-23H,10H2,1-4H3/t19-,21+,22-,23+/m1/s1. The zero-order valence-corrected chi connectivity index (χ0v) is 19.7. The van der Waals surface area contributed by atoms with Crippen LogP contribution in [0, 0.1) is 18.6 Å². The minimum atomic E-state index is -1.27. The van der Waals surface area contributed by atoms with Crippen molar-refractivity contribution in [3.05, 3.63) is 47.8 Å². The van der Waals surface area contributed by atoms with Crippen LogP contribution < -0.4 is 4.74 Å². The lowest BCUT2D eigenvalue weighted by molar-refractivity contribution is -0.186. The van der Waals surface area contributed by atoms with Crippen molar-refractivity contribution in [3.8, 4) is 16.9 Å². The molecule has 0 N–H and O–H groups in total. The fraction of sp³-hybridized carbons (Fsp3) is 0.391. The average molecular weight is 496 g/mol. The number of halogens is 2. The van der Waals surface area contributed by atoms with Crippen molar-refractivity contribution >= 4 is 29.7 Å². The minimum absolute atomic E-state index is 0.0906. The van der Waals surface area contributed by atoms with Gasteiger partial charge in [0.05, 0.1) is 0 Å². The number of hydrogen-bond donors (Lipinski definition) is 0. The summed E-state index contributed by atoms with van der Waals surface area (Å²) in [6.07, 6.45) is -1.88. The number of thioether (sulfide) groups is 1. The Bertz CT molecular complexity index is 1100. The van der Waals surface area contributed by atoms with Crippen molar-refractivity contribution in [1.82, 2.24) is 4.98 Å². The topological polar surface area (TPSA) is 101 Å². The fourth-order valence-electron chi connectivity index (χ4n) is 3.48. The summed E-state index contributed by atoms with van der Waals surface area (Å²) in [5.74, 6) is -4.77. The Kier molecular flexibility index (Phi) is 8.08. The van der Waals surface area contributed by atoms with E-state index in [0.29, 0.717) is 16.8 Å². The molecule has 34 heavy (non-hydrogen) atoms. The molecule has 0 radical (unpaired) electrons. The molecule has 3 rings (SSSR count). The average Bonchev–Trinajstić information content (AvgIpc) is 2.74. The second-order valence-corrected chi connectivity index (χ2v) is 8.70. The molecule has 0 amide bonds. The second-order valence-electron chi connectivity index (χ2n) is 7.57. The second kappa shape index (κ2) is 10.8. The van der Waals surface area contributed by atoms with Crippen LogP contribution in [0.2, 0.25) is 0 Å². The Balaban J connectivity index is 1.97. The summed E-state index contributed by atoms with van der Waals surface area (Å²) in [6, 6.07) is 5.69. The van der Waals surface area contributed by atoms with E-state index in [1.807, 2.05) is 0 Å². The van der Waals surface area contributed by atoms with Crippen LogP contribution in [0.4, 0.5) is 8.78 Å². The molecular formula is C23H23F2NO7S. The van der Waals surface area contributed by atoms with E-state index >= 15 is 0 Å². The van der Waals surface area contributed by atoms with Crippen LogP contribution >= 0.6 is 11.8 Å². The van der Waals surface area contributed by atoms with Crippen LogP contribution in [0.25, 0.3) is 11.1 Å². The molecule has 1 aliphatic rings. The summed E-state index contributed by atoms with van der Waals surface area (Å²) in [5.41, 5.74) is 0.530. The van der Waals surface area contributed by atoms with Gasteiger partial charge >= 0.3 is 17.9 Å². The van der Waals surface area contributed by atoms with E-state index in [0.717, 1.165) is 31.7 Å². The Morgan fingerprint density at radius 2 is 1.59 bits per heavy atom. The number of esters is 3. The molecule has 0 aliphatic carbocycles. The number of hydrogen-bond acceptors (Lipinski definition) is 9. The van der Waals surface area contributed by atoms with E-state index in [2.05, 4.69) is 4.98 Å². The van der Waals surface area contributed by atoms with Gasteiger partial charge in [-0.2, -0.15) is 4.39 Å². The van der Waals surface area contributed by atoms with Crippen LogP contribution in [0.15, 0.2) is 30.5 Å². The van der Waals surface area contributed by atoms with Crippen LogP contribution in [0.5, 0.6) is 5.75 Å². The number of aryl methyl sites for hydroxylation is 1. The molecule has 8 nitrogen and oxygen atoms in total. The van der Waals surface area contributed by atoms with Crippen molar-refractivity contribution in [1.29, 1.82) is 0 Å². The van der Waals surface area contributed by atoms with Gasteiger partial charge in [0.2, 0.25) is 5.82 Å². The highest BCUT2D eigenvalue weighted by Gasteiger charge is 2.48. The number of ether oxygens (including phenoxy) is 4. The summed E-state index contributed by atoms with van der Waals surface area (Å²) in [7, 11) is 0. The first-order valence-electron chi connectivity index (χ1n) is 10.3. The van der Waals surface area contributed by atoms with Gasteiger partial charge in [-0.05, 0) is 42.3 Å². The Hall–Kier alpha value is -3.21. The summed E-state index contributed by atoms with van der Waals surface area (Å²) in [5, 5.41) is 0. The first-order chi connectivity index (χ1) is 16.0. The highest BCUT2D eigenvalue weighted by atomic mass is 32.2. The van der Waals surface area contributed by atoms with E-state index in [1.54, 1.807) is 25.3 Å². The predicted octanol–water partition coefficient (Wildman–Crippen LogP) is 3.58. The van der Waals surface area contributed by atoms with Crippen molar-refractivity contribution in [2.45, 2.75) is 51.4 Å². The minimum Gasteiger partial charge on any atom is -0.472 e. The lowest BCUT2D eigenvalue weighted by Crippen LogP contribution is -2.55. The Morgan fingerprint density at radius 3 is 2.21 bits per heavy atom. The molecule has 0 unspecified atom stereocenters. The van der Waals surface area contributed by atoms with Gasteiger partial charge in [-0.3, -0.25) is 19.4 Å². The first-order valence-corrected chi connectivity index (χ1v) is 11.3. The number of aromatic nitrogens is 1. The molecule has 11 heteroatoms. The molecule has 0 saturated carbocycles. The highest BCUT2D eigenvalue weighted by Crippen LogP contribution is 2.37. The molecule has 1 saturated heterocycles. The smallest absolute Gasteiger partial charge is 0.303 e. The zero-order chi connectivity index (χ0) is 25.0. The van der Waals surface area contributed by atoms with Crippen LogP contribution in [-0.2, 0) is 28.6 Å². The van der Waals surface area contributed by atoms with Gasteiger partial charge in [0.15, 0.2) is 35.3 Å². The van der Waals surface area contributed by atoms with E-state index < -0.39 is 59.0 Å². The molecule has 1 aliphatic heterocycles. The number of benzene rings is 1. The van der Waals surface area contributed by atoms with Gasteiger partial charge in [0.1, 0.15) is 0 Å². The number of carbonyl (C=O) groups is 3. The molecular weight excluding hydrogens is 472 g/mol. The molecule has 1 aromatic heterocycles. The number of pyridine rings is 1. The molecule has 2 heterocycles. The molecule has 0 bridgehead atoms. The third-order valence-corrected chi connectivity index (χ3v) is 5.99. The van der Waals surface area contributed by atoms with Crippen molar-refractivity contribution in [2.24, 2.45) is 0 Å². The van der Waals surface area contributed by atoms with E-state index in [1.165, 1.54) is 13.0 Å². The number of nitrogens with zero attached hydrogens (tertiary/aromatic N) is 1. The Labute approximate surface area is 198 Å². The molecule has 1 aromatic carbocycles. The predicted molar refractivity (Wildman–Crippen MR) is 118 cm³/mol. The van der Waals surface area contributed by atoms with E-state index in [9.17, 15) is 23.2 Å². The van der Waals surface area contributed by atoms with Crippen LogP contribution in [0.3, 0.4) is 0 Å². The molecule has 1 fully saturated rings. The normalized spacial score (nSPS) is 21.9. The molecule has 182 valence electrons. The van der Waals surface area contributed by atoms with Gasteiger partial charge in [-0.25, -0.2) is 4.39 Å². The number of rotatable bonds is 6. The summed E-state index contributed by atoms with van der Waals surface area (Å²) in [6.45, 7) is 5.22. The Morgan fingerprint density at radius 1 is 0.941 bits per heavy atom.